The van der Waals surface area contributed by atoms with Crippen molar-refractivity contribution in [3.63, 3.8) is 0 Å². The smallest absolute Gasteiger partial charge is 0.349 e. The molecular formula is C20H30N2O2. The molecule has 1 saturated heterocycles. The molecule has 1 aliphatic heterocycles. The molecule has 0 bridgehead atoms. The first-order valence-corrected chi connectivity index (χ1v) is 9.52. The number of unbranched alkanes of at least 4 members (excludes halogenated alkanes) is 3. The topological polar surface area (TPSA) is 53.3 Å². The molecule has 0 atom stereocenters. The van der Waals surface area contributed by atoms with Gasteiger partial charge < -0.3 is 9.64 Å². The molecule has 0 unspecified atom stereocenters. The summed E-state index contributed by atoms with van der Waals surface area (Å²) in [4.78, 5) is 14.7. The highest BCUT2D eigenvalue weighted by Crippen LogP contribution is 2.29. The molecule has 132 valence electrons. The van der Waals surface area contributed by atoms with E-state index in [-0.39, 0.29) is 5.57 Å². The van der Waals surface area contributed by atoms with Crippen LogP contribution >= 0.6 is 0 Å². The maximum atomic E-state index is 12.2. The molecule has 1 fully saturated rings. The van der Waals surface area contributed by atoms with Gasteiger partial charge in [0.25, 0.3) is 0 Å². The lowest BCUT2D eigenvalue weighted by Gasteiger charge is -2.33. The molecule has 2 rings (SSSR count). The van der Waals surface area contributed by atoms with Gasteiger partial charge in [-0.1, -0.05) is 26.2 Å². The molecule has 1 heterocycles. The Morgan fingerprint density at radius 2 is 1.96 bits per heavy atom. The van der Waals surface area contributed by atoms with Crippen LogP contribution < -0.4 is 0 Å². The number of nitriles is 1. The van der Waals surface area contributed by atoms with Crippen LogP contribution in [-0.2, 0) is 9.53 Å². The second-order valence-corrected chi connectivity index (χ2v) is 6.75. The number of ether oxygens (including phenoxy) is 1. The summed E-state index contributed by atoms with van der Waals surface area (Å²) in [5.74, 6) is -0.444. The lowest BCUT2D eigenvalue weighted by atomic mass is 9.94. The average Bonchev–Trinajstić information content (AvgIpc) is 2.63. The fourth-order valence-corrected chi connectivity index (χ4v) is 3.45. The van der Waals surface area contributed by atoms with Crippen LogP contribution in [0.4, 0.5) is 0 Å². The summed E-state index contributed by atoms with van der Waals surface area (Å²) in [7, 11) is 0. The van der Waals surface area contributed by atoms with Crippen LogP contribution in [0.3, 0.4) is 0 Å². The fourth-order valence-electron chi connectivity index (χ4n) is 3.45. The summed E-state index contributed by atoms with van der Waals surface area (Å²) in [5, 5.41) is 9.43. The van der Waals surface area contributed by atoms with Crippen LogP contribution in [0.1, 0.15) is 71.1 Å². The Labute approximate surface area is 146 Å². The van der Waals surface area contributed by atoms with E-state index in [4.69, 9.17) is 4.74 Å². The van der Waals surface area contributed by atoms with E-state index in [1.54, 1.807) is 0 Å². The van der Waals surface area contributed by atoms with Crippen molar-refractivity contribution in [2.45, 2.75) is 71.1 Å². The van der Waals surface area contributed by atoms with Crippen LogP contribution in [0.2, 0.25) is 0 Å². The van der Waals surface area contributed by atoms with Gasteiger partial charge in [0.15, 0.2) is 0 Å². The first kappa shape index (κ1) is 18.6. The Kier molecular flexibility index (Phi) is 7.88. The molecule has 0 amide bonds. The van der Waals surface area contributed by atoms with E-state index in [1.807, 2.05) is 0 Å². The molecule has 4 nitrogen and oxygen atoms in total. The van der Waals surface area contributed by atoms with Crippen molar-refractivity contribution < 1.29 is 9.53 Å². The fraction of sp³-hybridized carbons (Fsp3) is 0.700. The minimum Gasteiger partial charge on any atom is -0.462 e. The van der Waals surface area contributed by atoms with Gasteiger partial charge in [-0.05, 0) is 56.6 Å². The Balaban J connectivity index is 2.00. The molecule has 2 aliphatic rings. The number of rotatable bonds is 7. The Hall–Kier alpha value is -1.76. The summed E-state index contributed by atoms with van der Waals surface area (Å²) in [6.07, 6.45) is 13.0. The van der Waals surface area contributed by atoms with E-state index < -0.39 is 5.97 Å². The zero-order valence-electron chi connectivity index (χ0n) is 15.0. The van der Waals surface area contributed by atoms with Crippen LogP contribution in [0.5, 0.6) is 0 Å². The van der Waals surface area contributed by atoms with Gasteiger partial charge in [-0.2, -0.15) is 5.26 Å². The number of likely N-dealkylation sites (tertiary alicyclic amines) is 1. The van der Waals surface area contributed by atoms with Gasteiger partial charge in [0.2, 0.25) is 0 Å². The van der Waals surface area contributed by atoms with Crippen molar-refractivity contribution in [3.8, 4) is 6.07 Å². The minimum atomic E-state index is -0.444. The van der Waals surface area contributed by atoms with E-state index >= 15 is 0 Å². The van der Waals surface area contributed by atoms with Crippen molar-refractivity contribution in [3.05, 3.63) is 22.9 Å². The predicted molar refractivity (Wildman–Crippen MR) is 95.1 cm³/mol. The lowest BCUT2D eigenvalue weighted by Crippen LogP contribution is -2.30. The number of hydrogen-bond acceptors (Lipinski definition) is 4. The number of esters is 1. The van der Waals surface area contributed by atoms with E-state index in [0.717, 1.165) is 63.6 Å². The molecule has 0 aromatic carbocycles. The van der Waals surface area contributed by atoms with Crippen molar-refractivity contribution >= 4 is 5.97 Å². The third kappa shape index (κ3) is 5.40. The maximum absolute atomic E-state index is 12.2. The van der Waals surface area contributed by atoms with Gasteiger partial charge in [0, 0.05) is 18.8 Å². The number of carbonyl (C=O) groups excluding carboxylic acids is 1. The third-order valence-corrected chi connectivity index (χ3v) is 4.85. The number of piperidine rings is 1. The minimum absolute atomic E-state index is 0.208. The number of nitrogens with zero attached hydrogens (tertiary/aromatic N) is 2. The van der Waals surface area contributed by atoms with Gasteiger partial charge in [0.1, 0.15) is 11.6 Å². The van der Waals surface area contributed by atoms with Gasteiger partial charge in [0.05, 0.1) is 6.61 Å². The molecule has 0 spiro atoms. The monoisotopic (exact) mass is 330 g/mol. The van der Waals surface area contributed by atoms with Crippen molar-refractivity contribution in [1.29, 1.82) is 5.26 Å². The summed E-state index contributed by atoms with van der Waals surface area (Å²) in [5.41, 5.74) is 2.36. The molecule has 1 aliphatic carbocycles. The summed E-state index contributed by atoms with van der Waals surface area (Å²) in [6, 6.07) is 2.09. The Morgan fingerprint density at radius 1 is 1.17 bits per heavy atom. The van der Waals surface area contributed by atoms with Crippen LogP contribution in [0.25, 0.3) is 0 Å². The zero-order chi connectivity index (χ0) is 17.2. The highest BCUT2D eigenvalue weighted by atomic mass is 16.5. The number of carbonyl (C=O) groups is 1. The van der Waals surface area contributed by atoms with Gasteiger partial charge in [-0.3, -0.25) is 0 Å². The molecular weight excluding hydrogens is 300 g/mol. The second kappa shape index (κ2) is 10.2. The lowest BCUT2D eigenvalue weighted by molar-refractivity contribution is -0.138. The van der Waals surface area contributed by atoms with Crippen LogP contribution in [0, 0.1) is 11.3 Å². The normalized spacial score (nSPS) is 20.2. The highest BCUT2D eigenvalue weighted by Gasteiger charge is 2.21. The molecule has 0 N–H and O–H groups in total. The number of hydrogen-bond donors (Lipinski definition) is 0. The first-order chi connectivity index (χ1) is 11.8. The Bertz CT molecular complexity index is 522. The summed E-state index contributed by atoms with van der Waals surface area (Å²) < 4.78 is 5.31. The van der Waals surface area contributed by atoms with Crippen molar-refractivity contribution in [2.75, 3.05) is 19.7 Å². The van der Waals surface area contributed by atoms with Crippen molar-refractivity contribution in [2.24, 2.45) is 0 Å². The molecule has 24 heavy (non-hydrogen) atoms. The van der Waals surface area contributed by atoms with Gasteiger partial charge in [-0.15, -0.1) is 0 Å². The molecule has 4 heteroatoms. The van der Waals surface area contributed by atoms with E-state index in [1.165, 1.54) is 25.0 Å². The largest absolute Gasteiger partial charge is 0.462 e. The summed E-state index contributed by atoms with van der Waals surface area (Å²) >= 11 is 0. The molecule has 0 saturated carbocycles. The molecule has 0 aromatic heterocycles. The van der Waals surface area contributed by atoms with Gasteiger partial charge in [-0.25, -0.2) is 4.79 Å². The third-order valence-electron chi connectivity index (χ3n) is 4.85. The van der Waals surface area contributed by atoms with Crippen LogP contribution in [0.15, 0.2) is 22.9 Å². The van der Waals surface area contributed by atoms with E-state index in [0.29, 0.717) is 6.61 Å². The first-order valence-electron chi connectivity index (χ1n) is 9.52. The van der Waals surface area contributed by atoms with Gasteiger partial charge >= 0.3 is 5.97 Å². The summed E-state index contributed by atoms with van der Waals surface area (Å²) in [6.45, 7) is 4.77. The number of allylic oxidation sites excluding steroid dienone is 3. The molecule has 0 aromatic rings. The molecule has 0 radical (unpaired) electrons. The maximum Gasteiger partial charge on any atom is 0.349 e. The van der Waals surface area contributed by atoms with E-state index in [2.05, 4.69) is 24.0 Å². The average molecular weight is 330 g/mol. The Morgan fingerprint density at radius 3 is 2.67 bits per heavy atom. The predicted octanol–water partition coefficient (Wildman–Crippen LogP) is 4.48. The SMILES string of the molecule is CCCCCCOC(=O)/C(C#N)=C1\C=C(N2CCCCC2)CCC1. The van der Waals surface area contributed by atoms with Crippen LogP contribution in [-0.4, -0.2) is 30.6 Å². The standard InChI is InChI=1S/C20H30N2O2/c1-2-3-4-8-14-24-20(23)19(16-21)17-10-9-11-18(15-17)22-12-6-5-7-13-22/h15H,2-14H2,1H3/b19-17-. The zero-order valence-corrected chi connectivity index (χ0v) is 15.0. The second-order valence-electron chi connectivity index (χ2n) is 6.75. The quantitative estimate of drug-likeness (QED) is 0.299. The van der Waals surface area contributed by atoms with E-state index in [9.17, 15) is 10.1 Å². The van der Waals surface area contributed by atoms with Crippen molar-refractivity contribution in [1.82, 2.24) is 4.90 Å². The highest BCUT2D eigenvalue weighted by molar-refractivity contribution is 5.94.